The van der Waals surface area contributed by atoms with Gasteiger partial charge in [-0.2, -0.15) is 0 Å². The summed E-state index contributed by atoms with van der Waals surface area (Å²) in [6, 6.07) is 0. The third-order valence-electron chi connectivity index (χ3n) is 2.84. The van der Waals surface area contributed by atoms with E-state index in [9.17, 15) is 0 Å². The molecule has 0 bridgehead atoms. The van der Waals surface area contributed by atoms with Crippen molar-refractivity contribution < 1.29 is 9.26 Å². The zero-order valence-electron chi connectivity index (χ0n) is 10.0. The molecule has 1 atom stereocenters. The third kappa shape index (κ3) is 2.83. The molecule has 1 aromatic heterocycles. The van der Waals surface area contributed by atoms with Crippen molar-refractivity contribution in [3.05, 3.63) is 17.5 Å². The van der Waals surface area contributed by atoms with Crippen LogP contribution in [0.2, 0.25) is 0 Å². The molecular formula is C12H20N2O2. The molecule has 4 nitrogen and oxygen atoms in total. The van der Waals surface area contributed by atoms with Gasteiger partial charge in [0.15, 0.2) is 0 Å². The van der Waals surface area contributed by atoms with Gasteiger partial charge in [-0.15, -0.1) is 0 Å². The van der Waals surface area contributed by atoms with Gasteiger partial charge in [-0.3, -0.25) is 0 Å². The van der Waals surface area contributed by atoms with Crippen molar-refractivity contribution in [1.82, 2.24) is 10.5 Å². The quantitative estimate of drug-likeness (QED) is 0.830. The lowest BCUT2D eigenvalue weighted by Crippen LogP contribution is -2.19. The first-order valence-electron chi connectivity index (χ1n) is 5.99. The van der Waals surface area contributed by atoms with Crippen LogP contribution < -0.4 is 5.32 Å². The van der Waals surface area contributed by atoms with Crippen LogP contribution in [-0.2, 0) is 11.3 Å². The second-order valence-corrected chi connectivity index (χ2v) is 4.80. The van der Waals surface area contributed by atoms with Gasteiger partial charge in [-0.25, -0.2) is 0 Å². The summed E-state index contributed by atoms with van der Waals surface area (Å²) in [6.45, 7) is 7.87. The molecule has 4 heteroatoms. The van der Waals surface area contributed by atoms with Crippen molar-refractivity contribution in [2.75, 3.05) is 19.8 Å². The van der Waals surface area contributed by atoms with Gasteiger partial charge in [-0.1, -0.05) is 19.0 Å². The predicted molar refractivity (Wildman–Crippen MR) is 61.2 cm³/mol. The monoisotopic (exact) mass is 224 g/mol. The van der Waals surface area contributed by atoms with Crippen molar-refractivity contribution in [2.45, 2.75) is 32.7 Å². The fourth-order valence-electron chi connectivity index (χ4n) is 1.98. The fraction of sp³-hybridized carbons (Fsp3) is 0.750. The summed E-state index contributed by atoms with van der Waals surface area (Å²) >= 11 is 0. The molecule has 0 spiro atoms. The van der Waals surface area contributed by atoms with E-state index in [-0.39, 0.29) is 0 Å². The van der Waals surface area contributed by atoms with Crippen LogP contribution in [0.15, 0.2) is 10.7 Å². The highest BCUT2D eigenvalue weighted by Crippen LogP contribution is 2.27. The average Bonchev–Trinajstić information content (AvgIpc) is 2.84. The van der Waals surface area contributed by atoms with E-state index >= 15 is 0 Å². The Morgan fingerprint density at radius 1 is 1.56 bits per heavy atom. The summed E-state index contributed by atoms with van der Waals surface area (Å²) in [6.07, 6.45) is 2.87. The molecule has 1 saturated heterocycles. The molecular weight excluding hydrogens is 204 g/mol. The summed E-state index contributed by atoms with van der Waals surface area (Å²) < 4.78 is 10.7. The van der Waals surface area contributed by atoms with E-state index in [1.165, 1.54) is 5.56 Å². The number of nitrogens with one attached hydrogen (secondary N) is 1. The van der Waals surface area contributed by atoms with Gasteiger partial charge in [0.25, 0.3) is 0 Å². The van der Waals surface area contributed by atoms with E-state index in [4.69, 9.17) is 9.26 Å². The predicted octanol–water partition coefficient (Wildman–Crippen LogP) is 1.92. The number of hydrogen-bond acceptors (Lipinski definition) is 4. The number of ether oxygens (including phenoxy) is 1. The highest BCUT2D eigenvalue weighted by molar-refractivity contribution is 5.18. The summed E-state index contributed by atoms with van der Waals surface area (Å²) in [4.78, 5) is 0. The first-order chi connectivity index (χ1) is 7.77. The van der Waals surface area contributed by atoms with Crippen LogP contribution in [0.1, 0.15) is 37.5 Å². The minimum atomic E-state index is 0.401. The Kier molecular flexibility index (Phi) is 3.96. The smallest absolute Gasteiger partial charge is 0.146 e. The zero-order chi connectivity index (χ0) is 11.4. The molecule has 0 saturated carbocycles. The molecule has 16 heavy (non-hydrogen) atoms. The molecule has 0 radical (unpaired) electrons. The standard InChI is InChI=1S/C12H20N2O2/c1-9(2)5-13-6-11-7-14-16-12(11)10-3-4-15-8-10/h7,9-10,13H,3-6,8H2,1-2H3. The summed E-state index contributed by atoms with van der Waals surface area (Å²) in [5, 5.41) is 7.30. The topological polar surface area (TPSA) is 47.3 Å². The summed E-state index contributed by atoms with van der Waals surface area (Å²) in [5.41, 5.74) is 1.18. The second-order valence-electron chi connectivity index (χ2n) is 4.80. The maximum atomic E-state index is 5.37. The van der Waals surface area contributed by atoms with Crippen molar-refractivity contribution in [2.24, 2.45) is 5.92 Å². The lowest BCUT2D eigenvalue weighted by Gasteiger charge is -2.08. The Labute approximate surface area is 96.3 Å². The molecule has 0 amide bonds. The van der Waals surface area contributed by atoms with E-state index < -0.39 is 0 Å². The molecule has 1 fully saturated rings. The molecule has 0 aliphatic carbocycles. The van der Waals surface area contributed by atoms with Crippen LogP contribution in [0.5, 0.6) is 0 Å². The number of rotatable bonds is 5. The lowest BCUT2D eigenvalue weighted by atomic mass is 10.0. The van der Waals surface area contributed by atoms with E-state index in [1.54, 1.807) is 0 Å². The molecule has 1 unspecified atom stereocenters. The first kappa shape index (κ1) is 11.6. The van der Waals surface area contributed by atoms with Crippen molar-refractivity contribution in [3.8, 4) is 0 Å². The summed E-state index contributed by atoms with van der Waals surface area (Å²) in [7, 11) is 0. The molecule has 1 N–H and O–H groups in total. The lowest BCUT2D eigenvalue weighted by molar-refractivity contribution is 0.189. The van der Waals surface area contributed by atoms with E-state index in [2.05, 4.69) is 24.3 Å². The van der Waals surface area contributed by atoms with Gasteiger partial charge in [0.1, 0.15) is 5.76 Å². The number of hydrogen-bond donors (Lipinski definition) is 1. The van der Waals surface area contributed by atoms with Crippen molar-refractivity contribution in [1.29, 1.82) is 0 Å². The van der Waals surface area contributed by atoms with Gasteiger partial charge in [-0.05, 0) is 18.9 Å². The summed E-state index contributed by atoms with van der Waals surface area (Å²) in [5.74, 6) is 2.07. The van der Waals surface area contributed by atoms with Crippen LogP contribution in [-0.4, -0.2) is 24.9 Å². The van der Waals surface area contributed by atoms with E-state index in [0.29, 0.717) is 11.8 Å². The minimum absolute atomic E-state index is 0.401. The highest BCUT2D eigenvalue weighted by atomic mass is 16.5. The molecule has 1 aromatic rings. The van der Waals surface area contributed by atoms with Crippen molar-refractivity contribution >= 4 is 0 Å². The van der Waals surface area contributed by atoms with E-state index in [0.717, 1.165) is 38.5 Å². The number of nitrogens with zero attached hydrogens (tertiary/aromatic N) is 1. The normalized spacial score (nSPS) is 20.8. The Morgan fingerprint density at radius 2 is 2.44 bits per heavy atom. The van der Waals surface area contributed by atoms with Crippen molar-refractivity contribution in [3.63, 3.8) is 0 Å². The maximum absolute atomic E-state index is 5.37. The Morgan fingerprint density at radius 3 is 3.12 bits per heavy atom. The van der Waals surface area contributed by atoms with E-state index in [1.807, 2.05) is 6.20 Å². The largest absolute Gasteiger partial charge is 0.381 e. The Balaban J connectivity index is 1.91. The molecule has 0 aromatic carbocycles. The van der Waals surface area contributed by atoms with Crippen LogP contribution in [0, 0.1) is 5.92 Å². The molecule has 2 heterocycles. The van der Waals surface area contributed by atoms with Crippen LogP contribution >= 0.6 is 0 Å². The SMILES string of the molecule is CC(C)CNCc1cnoc1C1CCOC1. The molecule has 2 rings (SSSR count). The highest BCUT2D eigenvalue weighted by Gasteiger charge is 2.24. The van der Waals surface area contributed by atoms with Gasteiger partial charge < -0.3 is 14.6 Å². The fourth-order valence-corrected chi connectivity index (χ4v) is 1.98. The Hall–Kier alpha value is -0.870. The zero-order valence-corrected chi connectivity index (χ0v) is 10.0. The third-order valence-corrected chi connectivity index (χ3v) is 2.84. The molecule has 1 aliphatic heterocycles. The van der Waals surface area contributed by atoms with Gasteiger partial charge in [0, 0.05) is 24.6 Å². The minimum Gasteiger partial charge on any atom is -0.381 e. The Bertz CT molecular complexity index is 317. The second kappa shape index (κ2) is 5.46. The van der Waals surface area contributed by atoms with Gasteiger partial charge in [0.05, 0.1) is 12.8 Å². The maximum Gasteiger partial charge on any atom is 0.146 e. The number of aromatic nitrogens is 1. The van der Waals surface area contributed by atoms with Crippen LogP contribution in [0.4, 0.5) is 0 Å². The molecule has 90 valence electrons. The van der Waals surface area contributed by atoms with Crippen LogP contribution in [0.3, 0.4) is 0 Å². The van der Waals surface area contributed by atoms with Gasteiger partial charge >= 0.3 is 0 Å². The molecule has 1 aliphatic rings. The van der Waals surface area contributed by atoms with Crippen LogP contribution in [0.25, 0.3) is 0 Å². The first-order valence-corrected chi connectivity index (χ1v) is 5.99. The van der Waals surface area contributed by atoms with Gasteiger partial charge in [0.2, 0.25) is 0 Å². The average molecular weight is 224 g/mol.